The predicted molar refractivity (Wildman–Crippen MR) is 86.7 cm³/mol. The maximum absolute atomic E-state index is 12.4. The van der Waals surface area contributed by atoms with Crippen LogP contribution in [0.15, 0.2) is 40.9 Å². The first kappa shape index (κ1) is 15.9. The summed E-state index contributed by atoms with van der Waals surface area (Å²) in [6.45, 7) is 0. The van der Waals surface area contributed by atoms with Gasteiger partial charge in [-0.1, -0.05) is 23.7 Å². The van der Waals surface area contributed by atoms with Gasteiger partial charge in [-0.05, 0) is 45.8 Å². The molecule has 0 spiro atoms. The lowest BCUT2D eigenvalue weighted by Gasteiger charge is -2.10. The van der Waals surface area contributed by atoms with Gasteiger partial charge in [0.15, 0.2) is 17.3 Å². The molecule has 5 heteroatoms. The van der Waals surface area contributed by atoms with Crippen molar-refractivity contribution in [3.8, 4) is 11.5 Å². The van der Waals surface area contributed by atoms with E-state index >= 15 is 0 Å². The Morgan fingerprint density at radius 1 is 1.14 bits per heavy atom. The summed E-state index contributed by atoms with van der Waals surface area (Å²) in [5.74, 6) is 1.19. The summed E-state index contributed by atoms with van der Waals surface area (Å²) in [6.07, 6.45) is 0.247. The monoisotopic (exact) mass is 368 g/mol. The molecule has 2 aromatic rings. The fraction of sp³-hybridized carbons (Fsp3) is 0.188. The van der Waals surface area contributed by atoms with Crippen molar-refractivity contribution in [2.75, 3.05) is 14.2 Å². The van der Waals surface area contributed by atoms with Crippen LogP contribution in [0.1, 0.15) is 15.9 Å². The maximum atomic E-state index is 12.4. The zero-order valence-electron chi connectivity index (χ0n) is 11.7. The molecule has 0 amide bonds. The lowest BCUT2D eigenvalue weighted by Crippen LogP contribution is -2.05. The number of Topliss-reactive ketones (excluding diaryl/α,β-unsaturated/α-hetero) is 1. The molecular weight excluding hydrogens is 356 g/mol. The summed E-state index contributed by atoms with van der Waals surface area (Å²) in [4.78, 5) is 12.4. The van der Waals surface area contributed by atoms with E-state index in [0.717, 1.165) is 5.56 Å². The Balaban J connectivity index is 2.25. The Kier molecular flexibility index (Phi) is 5.26. The van der Waals surface area contributed by atoms with Crippen LogP contribution in [0.25, 0.3) is 0 Å². The van der Waals surface area contributed by atoms with Crippen LogP contribution in [0.5, 0.6) is 11.5 Å². The number of carbonyl (C=O) groups excluding carboxylic acids is 1. The molecule has 0 radical (unpaired) electrons. The molecule has 2 aromatic carbocycles. The van der Waals surface area contributed by atoms with Gasteiger partial charge in [-0.15, -0.1) is 0 Å². The van der Waals surface area contributed by atoms with E-state index < -0.39 is 0 Å². The van der Waals surface area contributed by atoms with Gasteiger partial charge in [0.05, 0.1) is 19.2 Å². The van der Waals surface area contributed by atoms with Crippen molar-refractivity contribution in [1.29, 1.82) is 0 Å². The van der Waals surface area contributed by atoms with E-state index in [9.17, 15) is 4.79 Å². The molecule has 0 N–H and O–H groups in total. The summed E-state index contributed by atoms with van der Waals surface area (Å²) in [5, 5.41) is 0.433. The lowest BCUT2D eigenvalue weighted by atomic mass is 10.0. The third kappa shape index (κ3) is 3.57. The van der Waals surface area contributed by atoms with Crippen LogP contribution in [0, 0.1) is 0 Å². The van der Waals surface area contributed by atoms with Crippen LogP contribution in [0.2, 0.25) is 5.02 Å². The van der Waals surface area contributed by atoms with E-state index in [4.69, 9.17) is 21.1 Å². The number of benzene rings is 2. The van der Waals surface area contributed by atoms with E-state index in [2.05, 4.69) is 15.9 Å². The van der Waals surface area contributed by atoms with Gasteiger partial charge in [0.1, 0.15) is 0 Å². The number of ether oxygens (including phenoxy) is 2. The third-order valence-electron chi connectivity index (χ3n) is 3.06. The normalized spacial score (nSPS) is 10.3. The van der Waals surface area contributed by atoms with Gasteiger partial charge < -0.3 is 9.47 Å². The third-order valence-corrected chi connectivity index (χ3v) is 4.36. The van der Waals surface area contributed by atoms with Crippen molar-refractivity contribution in [2.24, 2.45) is 0 Å². The minimum atomic E-state index is -0.0477. The summed E-state index contributed by atoms with van der Waals surface area (Å²) in [5.41, 5.74) is 1.34. The van der Waals surface area contributed by atoms with Gasteiger partial charge in [-0.3, -0.25) is 4.79 Å². The standard InChI is InChI=1S/C16H14BrClO3/c1-20-14-7-6-10(9-15(14)21-2)8-13(19)11-4-3-5-12(17)16(11)18/h3-7,9H,8H2,1-2H3. The highest BCUT2D eigenvalue weighted by molar-refractivity contribution is 9.10. The summed E-state index contributed by atoms with van der Waals surface area (Å²) in [6, 6.07) is 10.7. The second-order valence-corrected chi connectivity index (χ2v) is 5.62. The molecule has 0 bridgehead atoms. The van der Waals surface area contributed by atoms with Crippen LogP contribution in [-0.4, -0.2) is 20.0 Å². The number of hydrogen-bond donors (Lipinski definition) is 0. The average Bonchev–Trinajstić information content (AvgIpc) is 2.49. The van der Waals surface area contributed by atoms with Crippen molar-refractivity contribution in [2.45, 2.75) is 6.42 Å². The summed E-state index contributed by atoms with van der Waals surface area (Å²) < 4.78 is 11.1. The van der Waals surface area contributed by atoms with Gasteiger partial charge in [0, 0.05) is 16.5 Å². The second kappa shape index (κ2) is 6.96. The minimum absolute atomic E-state index is 0.0477. The van der Waals surface area contributed by atoms with Crippen molar-refractivity contribution < 1.29 is 14.3 Å². The lowest BCUT2D eigenvalue weighted by molar-refractivity contribution is 0.0993. The first-order valence-corrected chi connectivity index (χ1v) is 7.42. The molecule has 21 heavy (non-hydrogen) atoms. The zero-order valence-corrected chi connectivity index (χ0v) is 14.0. The predicted octanol–water partition coefficient (Wildman–Crippen LogP) is 4.55. The Morgan fingerprint density at radius 3 is 2.52 bits per heavy atom. The van der Waals surface area contributed by atoms with Crippen molar-refractivity contribution in [3.63, 3.8) is 0 Å². The van der Waals surface area contributed by atoms with Crippen molar-refractivity contribution in [3.05, 3.63) is 57.0 Å². The SMILES string of the molecule is COc1ccc(CC(=O)c2cccc(Br)c2Cl)cc1OC. The molecule has 0 unspecified atom stereocenters. The summed E-state index contributed by atoms with van der Waals surface area (Å²) >= 11 is 9.47. The number of methoxy groups -OCH3 is 2. The van der Waals surface area contributed by atoms with Crippen molar-refractivity contribution >= 4 is 33.3 Å². The average molecular weight is 370 g/mol. The topological polar surface area (TPSA) is 35.5 Å². The Morgan fingerprint density at radius 2 is 1.86 bits per heavy atom. The highest BCUT2D eigenvalue weighted by Crippen LogP contribution is 2.30. The number of hydrogen-bond acceptors (Lipinski definition) is 3. The smallest absolute Gasteiger partial charge is 0.168 e. The molecule has 0 heterocycles. The Bertz CT molecular complexity index is 671. The largest absolute Gasteiger partial charge is 0.493 e. The van der Waals surface area contributed by atoms with Gasteiger partial charge >= 0.3 is 0 Å². The molecule has 0 aromatic heterocycles. The second-order valence-electron chi connectivity index (χ2n) is 4.39. The van der Waals surface area contributed by atoms with Gasteiger partial charge in [-0.25, -0.2) is 0 Å². The Hall–Kier alpha value is -1.52. The van der Waals surface area contributed by atoms with E-state index in [1.807, 2.05) is 6.07 Å². The molecule has 0 fully saturated rings. The molecule has 0 aliphatic heterocycles. The molecule has 2 rings (SSSR count). The van der Waals surface area contributed by atoms with Crippen LogP contribution in [0.3, 0.4) is 0 Å². The zero-order chi connectivity index (χ0) is 15.4. The molecule has 0 aliphatic carbocycles. The van der Waals surface area contributed by atoms with Crippen molar-refractivity contribution in [1.82, 2.24) is 0 Å². The van der Waals surface area contributed by atoms with Gasteiger partial charge in [0.2, 0.25) is 0 Å². The molecule has 0 saturated carbocycles. The summed E-state index contributed by atoms with van der Waals surface area (Å²) in [7, 11) is 3.14. The fourth-order valence-corrected chi connectivity index (χ4v) is 2.59. The number of rotatable bonds is 5. The number of halogens is 2. The Labute approximate surface area is 137 Å². The molecule has 3 nitrogen and oxygen atoms in total. The minimum Gasteiger partial charge on any atom is -0.493 e. The molecule has 0 atom stereocenters. The molecule has 0 aliphatic rings. The molecular formula is C16H14BrClO3. The first-order valence-electron chi connectivity index (χ1n) is 6.25. The van der Waals surface area contributed by atoms with E-state index in [-0.39, 0.29) is 12.2 Å². The molecule has 0 saturated heterocycles. The highest BCUT2D eigenvalue weighted by atomic mass is 79.9. The van der Waals surface area contributed by atoms with E-state index in [1.165, 1.54) is 0 Å². The van der Waals surface area contributed by atoms with E-state index in [1.54, 1.807) is 44.6 Å². The van der Waals surface area contributed by atoms with E-state index in [0.29, 0.717) is 26.6 Å². The van der Waals surface area contributed by atoms with Gasteiger partial charge in [0.25, 0.3) is 0 Å². The van der Waals surface area contributed by atoms with Crippen LogP contribution in [-0.2, 0) is 6.42 Å². The highest BCUT2D eigenvalue weighted by Gasteiger charge is 2.14. The molecule has 110 valence electrons. The van der Waals surface area contributed by atoms with Gasteiger partial charge in [-0.2, -0.15) is 0 Å². The van der Waals surface area contributed by atoms with Crippen LogP contribution >= 0.6 is 27.5 Å². The number of ketones is 1. The fourth-order valence-electron chi connectivity index (χ4n) is 1.99. The maximum Gasteiger partial charge on any atom is 0.168 e. The van der Waals surface area contributed by atoms with Crippen LogP contribution in [0.4, 0.5) is 0 Å². The van der Waals surface area contributed by atoms with Crippen LogP contribution < -0.4 is 9.47 Å². The number of carbonyl (C=O) groups is 1. The quantitative estimate of drug-likeness (QED) is 0.726. The first-order chi connectivity index (χ1) is 10.1.